The topological polar surface area (TPSA) is 67.8 Å². The molecule has 5 rings (SSSR count). The fourth-order valence-electron chi connectivity index (χ4n) is 4.43. The van der Waals surface area contributed by atoms with Crippen molar-refractivity contribution in [2.24, 2.45) is 0 Å². The van der Waals surface area contributed by atoms with Gasteiger partial charge in [0.1, 0.15) is 19.0 Å². The average molecular weight is 394 g/mol. The van der Waals surface area contributed by atoms with Crippen molar-refractivity contribution in [2.45, 2.75) is 38.3 Å². The van der Waals surface area contributed by atoms with Gasteiger partial charge in [-0.3, -0.25) is 9.69 Å². The first kappa shape index (κ1) is 18.4. The van der Waals surface area contributed by atoms with E-state index < -0.39 is 0 Å². The SMILES string of the molecule is CN1CCCCC1c1ncc2c(n1)CCN(C(=O)c1ccc3c(c1)OCCO3)C2. The van der Waals surface area contributed by atoms with Crippen molar-refractivity contribution in [1.82, 2.24) is 19.8 Å². The Balaban J connectivity index is 1.32. The number of nitrogens with zero attached hydrogens (tertiary/aromatic N) is 4. The molecule has 0 saturated carbocycles. The first-order chi connectivity index (χ1) is 14.2. The third-order valence-corrected chi connectivity index (χ3v) is 6.10. The summed E-state index contributed by atoms with van der Waals surface area (Å²) >= 11 is 0. The molecule has 0 spiro atoms. The van der Waals surface area contributed by atoms with Gasteiger partial charge >= 0.3 is 0 Å². The maximum Gasteiger partial charge on any atom is 0.254 e. The quantitative estimate of drug-likeness (QED) is 0.780. The molecule has 0 bridgehead atoms. The number of aromatic nitrogens is 2. The molecule has 152 valence electrons. The van der Waals surface area contributed by atoms with Crippen molar-refractivity contribution in [1.29, 1.82) is 0 Å². The number of carbonyl (C=O) groups excluding carboxylic acids is 1. The van der Waals surface area contributed by atoms with Gasteiger partial charge in [0.25, 0.3) is 5.91 Å². The number of hydrogen-bond donors (Lipinski definition) is 0. The molecule has 3 aliphatic heterocycles. The van der Waals surface area contributed by atoms with Crippen LogP contribution in [0.1, 0.15) is 52.7 Å². The predicted octanol–water partition coefficient (Wildman–Crippen LogP) is 2.60. The van der Waals surface area contributed by atoms with Crippen LogP contribution >= 0.6 is 0 Å². The Morgan fingerprint density at radius 2 is 2.00 bits per heavy atom. The molecule has 1 fully saturated rings. The average Bonchev–Trinajstić information content (AvgIpc) is 2.78. The predicted molar refractivity (Wildman–Crippen MR) is 107 cm³/mol. The summed E-state index contributed by atoms with van der Waals surface area (Å²) in [7, 11) is 2.15. The molecular formula is C22H26N4O3. The standard InChI is InChI=1S/C22H26N4O3/c1-25-8-3-2-4-18(25)21-23-13-16-14-26(9-7-17(16)24-21)22(27)15-5-6-19-20(12-15)29-11-10-28-19/h5-6,12-13,18H,2-4,7-11,14H2,1H3. The number of likely N-dealkylation sites (tertiary alicyclic amines) is 1. The van der Waals surface area contributed by atoms with Crippen molar-refractivity contribution in [2.75, 3.05) is 33.4 Å². The lowest BCUT2D eigenvalue weighted by Gasteiger charge is -2.33. The highest BCUT2D eigenvalue weighted by molar-refractivity contribution is 5.95. The van der Waals surface area contributed by atoms with Crippen molar-refractivity contribution < 1.29 is 14.3 Å². The minimum atomic E-state index is 0.00344. The van der Waals surface area contributed by atoms with E-state index in [9.17, 15) is 4.79 Å². The van der Waals surface area contributed by atoms with Crippen molar-refractivity contribution in [3.05, 3.63) is 47.0 Å². The number of rotatable bonds is 2. The van der Waals surface area contributed by atoms with Crippen molar-refractivity contribution in [3.8, 4) is 11.5 Å². The summed E-state index contributed by atoms with van der Waals surface area (Å²) in [5.74, 6) is 2.27. The normalized spacial score (nSPS) is 21.6. The highest BCUT2D eigenvalue weighted by atomic mass is 16.6. The van der Waals surface area contributed by atoms with Crippen LogP contribution in [0.5, 0.6) is 11.5 Å². The van der Waals surface area contributed by atoms with Crippen LogP contribution < -0.4 is 9.47 Å². The van der Waals surface area contributed by atoms with Gasteiger partial charge in [-0.05, 0) is 44.6 Å². The molecule has 7 nitrogen and oxygen atoms in total. The van der Waals surface area contributed by atoms with Gasteiger partial charge < -0.3 is 14.4 Å². The molecule has 7 heteroatoms. The zero-order valence-electron chi connectivity index (χ0n) is 16.8. The molecule has 0 N–H and O–H groups in total. The van der Waals surface area contributed by atoms with Crippen LogP contribution in [0.3, 0.4) is 0 Å². The van der Waals surface area contributed by atoms with Gasteiger partial charge in [-0.25, -0.2) is 9.97 Å². The van der Waals surface area contributed by atoms with E-state index in [0.717, 1.165) is 36.5 Å². The molecule has 1 unspecified atom stereocenters. The largest absolute Gasteiger partial charge is 0.486 e. The summed E-state index contributed by atoms with van der Waals surface area (Å²) in [6, 6.07) is 5.72. The van der Waals surface area contributed by atoms with Gasteiger partial charge in [-0.1, -0.05) is 6.42 Å². The lowest BCUT2D eigenvalue weighted by Crippen LogP contribution is -2.37. The monoisotopic (exact) mass is 394 g/mol. The molecule has 1 saturated heterocycles. The Morgan fingerprint density at radius 1 is 1.14 bits per heavy atom. The van der Waals surface area contributed by atoms with Crippen LogP contribution in [0.4, 0.5) is 0 Å². The minimum Gasteiger partial charge on any atom is -0.486 e. The number of ether oxygens (including phenoxy) is 2. The van der Waals surface area contributed by atoms with E-state index in [-0.39, 0.29) is 5.91 Å². The van der Waals surface area contributed by atoms with E-state index in [1.807, 2.05) is 23.2 Å². The molecule has 3 aliphatic rings. The number of hydrogen-bond acceptors (Lipinski definition) is 6. The van der Waals surface area contributed by atoms with Crippen LogP contribution in [0.2, 0.25) is 0 Å². The Morgan fingerprint density at radius 3 is 2.86 bits per heavy atom. The van der Waals surface area contributed by atoms with Gasteiger partial charge in [0.2, 0.25) is 0 Å². The van der Waals surface area contributed by atoms with Crippen LogP contribution in [-0.2, 0) is 13.0 Å². The third kappa shape index (κ3) is 3.55. The summed E-state index contributed by atoms with van der Waals surface area (Å²) in [4.78, 5) is 26.8. The maximum absolute atomic E-state index is 13.0. The minimum absolute atomic E-state index is 0.00344. The van der Waals surface area contributed by atoms with E-state index in [1.165, 1.54) is 12.8 Å². The molecule has 1 amide bonds. The molecule has 29 heavy (non-hydrogen) atoms. The fraction of sp³-hybridized carbons (Fsp3) is 0.500. The van der Waals surface area contributed by atoms with E-state index in [4.69, 9.17) is 14.5 Å². The number of amides is 1. The Labute approximate surface area is 170 Å². The van der Waals surface area contributed by atoms with Crippen molar-refractivity contribution in [3.63, 3.8) is 0 Å². The van der Waals surface area contributed by atoms with Crippen LogP contribution in [0.25, 0.3) is 0 Å². The molecular weight excluding hydrogens is 368 g/mol. The second-order valence-corrected chi connectivity index (χ2v) is 8.03. The van der Waals surface area contributed by atoms with Gasteiger partial charge in [0.05, 0.1) is 11.7 Å². The van der Waals surface area contributed by atoms with Gasteiger partial charge in [-0.15, -0.1) is 0 Å². The van der Waals surface area contributed by atoms with Gasteiger partial charge in [-0.2, -0.15) is 0 Å². The van der Waals surface area contributed by atoms with Gasteiger partial charge in [0, 0.05) is 36.8 Å². The second-order valence-electron chi connectivity index (χ2n) is 8.03. The Kier molecular flexibility index (Phi) is 4.83. The first-order valence-electron chi connectivity index (χ1n) is 10.4. The zero-order chi connectivity index (χ0) is 19.8. The number of benzene rings is 1. The summed E-state index contributed by atoms with van der Waals surface area (Å²) in [6.07, 6.45) is 6.27. The summed E-state index contributed by atoms with van der Waals surface area (Å²) < 4.78 is 11.2. The maximum atomic E-state index is 13.0. The lowest BCUT2D eigenvalue weighted by atomic mass is 10.0. The Hall–Kier alpha value is -2.67. The number of carbonyl (C=O) groups is 1. The summed E-state index contributed by atoms with van der Waals surface area (Å²) in [5, 5.41) is 0. The molecule has 1 atom stereocenters. The highest BCUT2D eigenvalue weighted by Gasteiger charge is 2.27. The molecule has 1 aromatic heterocycles. The number of fused-ring (bicyclic) bond motifs is 2. The van der Waals surface area contributed by atoms with E-state index in [2.05, 4.69) is 16.9 Å². The van der Waals surface area contributed by atoms with E-state index in [0.29, 0.717) is 49.4 Å². The fourth-order valence-corrected chi connectivity index (χ4v) is 4.43. The smallest absolute Gasteiger partial charge is 0.254 e. The van der Waals surface area contributed by atoms with Crippen LogP contribution in [0.15, 0.2) is 24.4 Å². The van der Waals surface area contributed by atoms with Gasteiger partial charge in [0.15, 0.2) is 11.5 Å². The zero-order valence-corrected chi connectivity index (χ0v) is 16.8. The Bertz CT molecular complexity index is 932. The van der Waals surface area contributed by atoms with Crippen LogP contribution in [0, 0.1) is 0 Å². The van der Waals surface area contributed by atoms with E-state index in [1.54, 1.807) is 6.07 Å². The highest BCUT2D eigenvalue weighted by Crippen LogP contribution is 2.32. The third-order valence-electron chi connectivity index (χ3n) is 6.10. The van der Waals surface area contributed by atoms with Crippen LogP contribution in [-0.4, -0.2) is 59.0 Å². The van der Waals surface area contributed by atoms with Crippen molar-refractivity contribution >= 4 is 5.91 Å². The summed E-state index contributed by atoms with van der Waals surface area (Å²) in [6.45, 7) is 3.36. The molecule has 0 aliphatic carbocycles. The second kappa shape index (κ2) is 7.63. The molecule has 0 radical (unpaired) electrons. The lowest BCUT2D eigenvalue weighted by molar-refractivity contribution is 0.0731. The summed E-state index contributed by atoms with van der Waals surface area (Å²) in [5.41, 5.74) is 2.75. The molecule has 1 aromatic carbocycles. The first-order valence-corrected chi connectivity index (χ1v) is 10.4. The molecule has 2 aromatic rings. The number of piperidine rings is 1. The van der Waals surface area contributed by atoms with E-state index >= 15 is 0 Å². The molecule has 4 heterocycles.